The van der Waals surface area contributed by atoms with Gasteiger partial charge in [-0.05, 0) is 51.9 Å². The molecule has 1 spiro atoms. The van der Waals surface area contributed by atoms with E-state index in [0.717, 1.165) is 38.7 Å². The Hall–Kier alpha value is -1.10. The largest absolute Gasteiger partial charge is 0.378 e. The highest BCUT2D eigenvalue weighted by Crippen LogP contribution is 2.59. The van der Waals surface area contributed by atoms with Gasteiger partial charge in [-0.1, -0.05) is 6.42 Å². The van der Waals surface area contributed by atoms with Gasteiger partial charge < -0.3 is 15.4 Å². The van der Waals surface area contributed by atoms with Crippen LogP contribution in [0.15, 0.2) is 0 Å². The first-order valence-corrected chi connectivity index (χ1v) is 9.17. The van der Waals surface area contributed by atoms with E-state index in [9.17, 15) is 9.59 Å². The van der Waals surface area contributed by atoms with Crippen molar-refractivity contribution >= 4 is 11.8 Å². The summed E-state index contributed by atoms with van der Waals surface area (Å²) < 4.78 is 5.89. The molecule has 0 heterocycles. The Kier molecular flexibility index (Phi) is 4.68. The second-order valence-electron chi connectivity index (χ2n) is 7.68. The fraction of sp³-hybridized carbons (Fsp3) is 0.889. The van der Waals surface area contributed by atoms with E-state index in [1.165, 1.54) is 19.3 Å². The van der Waals surface area contributed by atoms with Crippen molar-refractivity contribution in [2.45, 2.75) is 70.4 Å². The van der Waals surface area contributed by atoms with E-state index in [1.54, 1.807) is 0 Å². The van der Waals surface area contributed by atoms with Gasteiger partial charge in [-0.3, -0.25) is 9.59 Å². The summed E-state index contributed by atoms with van der Waals surface area (Å²) in [5.74, 6) is 0.0857. The summed E-state index contributed by atoms with van der Waals surface area (Å²) in [5, 5.41) is 0. The predicted molar refractivity (Wildman–Crippen MR) is 87.5 cm³/mol. The SMILES string of the molecule is CCO[C@H]1C[C@H](N(C)C(=O)C2CCC(C(N)=O)CC2)C12CCC2. The highest BCUT2D eigenvalue weighted by atomic mass is 16.5. The van der Waals surface area contributed by atoms with Crippen LogP contribution in [0.25, 0.3) is 0 Å². The van der Waals surface area contributed by atoms with E-state index in [1.807, 2.05) is 18.9 Å². The molecule has 23 heavy (non-hydrogen) atoms. The molecule has 3 fully saturated rings. The van der Waals surface area contributed by atoms with E-state index in [2.05, 4.69) is 0 Å². The van der Waals surface area contributed by atoms with E-state index < -0.39 is 0 Å². The van der Waals surface area contributed by atoms with E-state index >= 15 is 0 Å². The zero-order valence-corrected chi connectivity index (χ0v) is 14.4. The van der Waals surface area contributed by atoms with E-state index in [4.69, 9.17) is 10.5 Å². The summed E-state index contributed by atoms with van der Waals surface area (Å²) in [6.45, 7) is 2.81. The van der Waals surface area contributed by atoms with Crippen molar-refractivity contribution in [3.05, 3.63) is 0 Å². The Balaban J connectivity index is 1.57. The molecule has 0 unspecified atom stereocenters. The number of ether oxygens (including phenoxy) is 1. The molecule has 0 aromatic heterocycles. The summed E-state index contributed by atoms with van der Waals surface area (Å²) in [5.41, 5.74) is 5.61. The summed E-state index contributed by atoms with van der Waals surface area (Å²) in [7, 11) is 1.97. The third-order valence-corrected chi connectivity index (χ3v) is 6.69. The van der Waals surface area contributed by atoms with Crippen LogP contribution in [0.1, 0.15) is 58.3 Å². The monoisotopic (exact) mass is 322 g/mol. The van der Waals surface area contributed by atoms with Gasteiger partial charge >= 0.3 is 0 Å². The number of carbonyl (C=O) groups is 2. The van der Waals surface area contributed by atoms with Crippen molar-refractivity contribution < 1.29 is 14.3 Å². The number of nitrogens with zero attached hydrogens (tertiary/aromatic N) is 1. The molecule has 3 rings (SSSR count). The molecule has 130 valence electrons. The van der Waals surface area contributed by atoms with Crippen molar-refractivity contribution in [2.24, 2.45) is 23.0 Å². The molecule has 0 aliphatic heterocycles. The average Bonchev–Trinajstić information content (AvgIpc) is 2.48. The Bertz CT molecular complexity index is 467. The number of rotatable bonds is 5. The number of carbonyl (C=O) groups excluding carboxylic acids is 2. The molecule has 5 nitrogen and oxygen atoms in total. The van der Waals surface area contributed by atoms with Gasteiger partial charge in [0.15, 0.2) is 0 Å². The zero-order valence-electron chi connectivity index (χ0n) is 14.4. The van der Waals surface area contributed by atoms with Gasteiger partial charge in [0.05, 0.1) is 6.10 Å². The standard InChI is InChI=1S/C18H30N2O3/c1-3-23-15-11-14(18(15)9-4-10-18)20(2)17(22)13-7-5-12(6-8-13)16(19)21/h12-15H,3-11H2,1-2H3,(H2,19,21)/t12?,13?,14-,15-/m0/s1. The first-order chi connectivity index (χ1) is 11.0. The van der Waals surface area contributed by atoms with Gasteiger partial charge in [-0.15, -0.1) is 0 Å². The Morgan fingerprint density at radius 1 is 1.17 bits per heavy atom. The highest BCUT2D eigenvalue weighted by molar-refractivity contribution is 5.80. The number of hydrogen-bond acceptors (Lipinski definition) is 3. The maximum atomic E-state index is 12.9. The van der Waals surface area contributed by atoms with Crippen LogP contribution in [-0.2, 0) is 14.3 Å². The lowest BCUT2D eigenvalue weighted by Crippen LogP contribution is -2.68. The van der Waals surface area contributed by atoms with Crippen LogP contribution in [0.4, 0.5) is 0 Å². The molecule has 2 atom stereocenters. The lowest BCUT2D eigenvalue weighted by Gasteiger charge is -2.63. The first-order valence-electron chi connectivity index (χ1n) is 9.17. The summed E-state index contributed by atoms with van der Waals surface area (Å²) >= 11 is 0. The van der Waals surface area contributed by atoms with Crippen molar-refractivity contribution in [3.63, 3.8) is 0 Å². The van der Waals surface area contributed by atoms with Crippen LogP contribution < -0.4 is 5.73 Å². The van der Waals surface area contributed by atoms with Crippen LogP contribution in [-0.4, -0.2) is 42.5 Å². The van der Waals surface area contributed by atoms with Crippen molar-refractivity contribution in [2.75, 3.05) is 13.7 Å². The van der Waals surface area contributed by atoms with Crippen molar-refractivity contribution in [3.8, 4) is 0 Å². The Morgan fingerprint density at radius 3 is 2.26 bits per heavy atom. The maximum Gasteiger partial charge on any atom is 0.225 e. The molecule has 2 amide bonds. The molecule has 0 aromatic carbocycles. The summed E-state index contributed by atoms with van der Waals surface area (Å²) in [6.07, 6.45) is 8.07. The maximum absolute atomic E-state index is 12.9. The molecule has 0 bridgehead atoms. The van der Waals surface area contributed by atoms with Gasteiger partial charge in [0, 0.05) is 36.9 Å². The van der Waals surface area contributed by atoms with Crippen LogP contribution in [0.5, 0.6) is 0 Å². The predicted octanol–water partition coefficient (Wildman–Crippen LogP) is 2.08. The quantitative estimate of drug-likeness (QED) is 0.842. The van der Waals surface area contributed by atoms with E-state index in [-0.39, 0.29) is 29.1 Å². The normalized spacial score (nSPS) is 35.2. The minimum absolute atomic E-state index is 0.0339. The van der Waals surface area contributed by atoms with Gasteiger partial charge in [-0.2, -0.15) is 0 Å². The third-order valence-electron chi connectivity index (χ3n) is 6.69. The Morgan fingerprint density at radius 2 is 1.78 bits per heavy atom. The van der Waals surface area contributed by atoms with Crippen LogP contribution in [0.3, 0.4) is 0 Å². The molecule has 3 saturated carbocycles. The van der Waals surface area contributed by atoms with Crippen molar-refractivity contribution in [1.82, 2.24) is 4.90 Å². The lowest BCUT2D eigenvalue weighted by molar-refractivity contribution is -0.204. The topological polar surface area (TPSA) is 72.6 Å². The number of nitrogens with two attached hydrogens (primary N) is 1. The summed E-state index contributed by atoms with van der Waals surface area (Å²) in [6, 6.07) is 0.342. The van der Waals surface area contributed by atoms with Gasteiger partial charge in [0.25, 0.3) is 0 Å². The fourth-order valence-corrected chi connectivity index (χ4v) is 5.01. The second-order valence-corrected chi connectivity index (χ2v) is 7.68. The molecular formula is C18H30N2O3. The van der Waals surface area contributed by atoms with Gasteiger partial charge in [0.1, 0.15) is 0 Å². The third kappa shape index (κ3) is 2.77. The molecule has 0 radical (unpaired) electrons. The first kappa shape index (κ1) is 16.7. The number of amides is 2. The molecule has 3 aliphatic carbocycles. The fourth-order valence-electron chi connectivity index (χ4n) is 5.01. The lowest BCUT2D eigenvalue weighted by atomic mass is 9.50. The number of primary amides is 1. The molecule has 3 aliphatic rings. The molecule has 0 saturated heterocycles. The van der Waals surface area contributed by atoms with E-state index in [0.29, 0.717) is 12.1 Å². The average molecular weight is 322 g/mol. The van der Waals surface area contributed by atoms with Crippen molar-refractivity contribution in [1.29, 1.82) is 0 Å². The van der Waals surface area contributed by atoms with Crippen LogP contribution in [0, 0.1) is 17.3 Å². The molecule has 2 N–H and O–H groups in total. The van der Waals surface area contributed by atoms with Gasteiger partial charge in [0.2, 0.25) is 11.8 Å². The second kappa shape index (κ2) is 6.42. The number of hydrogen-bond donors (Lipinski definition) is 1. The molecule has 5 heteroatoms. The van der Waals surface area contributed by atoms with Gasteiger partial charge in [-0.25, -0.2) is 0 Å². The highest BCUT2D eigenvalue weighted by Gasteiger charge is 2.61. The minimum atomic E-state index is -0.212. The molecular weight excluding hydrogens is 292 g/mol. The minimum Gasteiger partial charge on any atom is -0.378 e. The summed E-state index contributed by atoms with van der Waals surface area (Å²) in [4.78, 5) is 26.1. The molecule has 0 aromatic rings. The van der Waals surface area contributed by atoms with Crippen LogP contribution in [0.2, 0.25) is 0 Å². The Labute approximate surface area is 138 Å². The van der Waals surface area contributed by atoms with Crippen LogP contribution >= 0.6 is 0 Å². The zero-order chi connectivity index (χ0) is 16.6. The smallest absolute Gasteiger partial charge is 0.225 e.